The van der Waals surface area contributed by atoms with Crippen molar-refractivity contribution in [3.8, 4) is 0 Å². The second-order valence-corrected chi connectivity index (χ2v) is 2.10. The monoisotopic (exact) mass is 170 g/mol. The first-order chi connectivity index (χ1) is 5.45. The van der Waals surface area contributed by atoms with Crippen molar-refractivity contribution in [3.05, 3.63) is 12.2 Å². The topological polar surface area (TPSA) is 97.3 Å². The smallest absolute Gasteiger partial charge is 0.164 e. The number of carbonyl (C=O) groups excluding carboxylic acids is 3. The number of hydrogen-bond donors (Lipinski definition) is 0. The highest BCUT2D eigenvalue weighted by Gasteiger charge is 2.09. The van der Waals surface area contributed by atoms with Crippen LogP contribution >= 0.6 is 0 Å². The zero-order chi connectivity index (χ0) is 9.72. The molecule has 0 aliphatic heterocycles. The van der Waals surface area contributed by atoms with Crippen molar-refractivity contribution in [2.24, 2.45) is 5.92 Å². The average molecular weight is 170 g/mol. The van der Waals surface area contributed by atoms with Gasteiger partial charge in [-0.3, -0.25) is 4.79 Å². The summed E-state index contributed by atoms with van der Waals surface area (Å²) in [4.78, 5) is 30.5. The van der Waals surface area contributed by atoms with Crippen LogP contribution in [0.25, 0.3) is 0 Å². The molecule has 0 aliphatic rings. The summed E-state index contributed by atoms with van der Waals surface area (Å²) in [5.41, 5.74) is 0. The Morgan fingerprint density at radius 1 is 1.17 bits per heavy atom. The molecule has 0 radical (unpaired) electrons. The first-order valence-electron chi connectivity index (χ1n) is 3.09. The number of hydrogen-bond acceptors (Lipinski definition) is 5. The van der Waals surface area contributed by atoms with Crippen LogP contribution in [0.15, 0.2) is 12.2 Å². The minimum absolute atomic E-state index is 0.474. The molecule has 1 unspecified atom stereocenters. The summed E-state index contributed by atoms with van der Waals surface area (Å²) in [6.45, 7) is 1.11. The second kappa shape index (κ2) is 4.27. The number of carboxylic acids is 2. The highest BCUT2D eigenvalue weighted by atomic mass is 16.4. The van der Waals surface area contributed by atoms with E-state index in [1.807, 2.05) is 0 Å². The van der Waals surface area contributed by atoms with Crippen molar-refractivity contribution in [1.29, 1.82) is 0 Å². The van der Waals surface area contributed by atoms with E-state index < -0.39 is 23.6 Å². The lowest BCUT2D eigenvalue weighted by Gasteiger charge is -2.07. The molecule has 12 heavy (non-hydrogen) atoms. The van der Waals surface area contributed by atoms with Crippen LogP contribution in [0.4, 0.5) is 0 Å². The summed E-state index contributed by atoms with van der Waals surface area (Å²) in [7, 11) is 0. The first-order valence-corrected chi connectivity index (χ1v) is 3.09. The normalized spacial score (nSPS) is 12.8. The molecule has 5 nitrogen and oxygen atoms in total. The molecule has 0 heterocycles. The predicted octanol–water partition coefficient (Wildman–Crippen LogP) is -2.75. The van der Waals surface area contributed by atoms with Gasteiger partial charge in [0, 0.05) is 0 Å². The fourth-order valence-corrected chi connectivity index (χ4v) is 0.411. The zero-order valence-corrected chi connectivity index (χ0v) is 6.27. The lowest BCUT2D eigenvalue weighted by molar-refractivity contribution is -0.309. The largest absolute Gasteiger partial charge is 0.549 e. The molecule has 0 saturated heterocycles. The van der Waals surface area contributed by atoms with E-state index in [2.05, 4.69) is 0 Å². The van der Waals surface area contributed by atoms with E-state index in [1.54, 1.807) is 0 Å². The predicted molar refractivity (Wildman–Crippen MR) is 33.3 cm³/mol. The lowest BCUT2D eigenvalue weighted by Crippen LogP contribution is -2.33. The Hall–Kier alpha value is -1.65. The number of carbonyl (C=O) groups is 3. The summed E-state index contributed by atoms with van der Waals surface area (Å²) in [6, 6.07) is 0. The molecular weight excluding hydrogens is 164 g/mol. The number of carboxylic acid groups (broad SMARTS) is 2. The Bertz CT molecular complexity index is 240. The van der Waals surface area contributed by atoms with Gasteiger partial charge >= 0.3 is 0 Å². The number of allylic oxidation sites excluding steroid dienone is 1. The molecule has 0 rings (SSSR count). The molecule has 0 fully saturated rings. The maximum Gasteiger partial charge on any atom is 0.164 e. The van der Waals surface area contributed by atoms with E-state index in [9.17, 15) is 24.6 Å². The van der Waals surface area contributed by atoms with Gasteiger partial charge in [-0.1, -0.05) is 0 Å². The third-order valence-electron chi connectivity index (χ3n) is 1.16. The molecule has 0 aliphatic carbocycles. The summed E-state index contributed by atoms with van der Waals surface area (Å²) < 4.78 is 0. The highest BCUT2D eigenvalue weighted by Crippen LogP contribution is 1.95. The standard InChI is InChI=1S/C7H8O5/c1-4(7(11)12)5(8)2-3-6(9)10/h2-4H,1H3,(H,9,10)(H,11,12)/p-2/b3-2-. The van der Waals surface area contributed by atoms with E-state index in [0.29, 0.717) is 12.2 Å². The Labute approximate surface area is 68.3 Å². The highest BCUT2D eigenvalue weighted by molar-refractivity contribution is 6.05. The molecule has 0 spiro atoms. The Balaban J connectivity index is 4.22. The number of rotatable bonds is 4. The molecule has 0 amide bonds. The van der Waals surface area contributed by atoms with Crippen LogP contribution < -0.4 is 10.2 Å². The van der Waals surface area contributed by atoms with Gasteiger partial charge in [0.2, 0.25) is 0 Å². The van der Waals surface area contributed by atoms with Crippen LogP contribution in [0.5, 0.6) is 0 Å². The van der Waals surface area contributed by atoms with Crippen LogP contribution in [-0.4, -0.2) is 17.7 Å². The molecule has 0 aromatic rings. The Morgan fingerprint density at radius 2 is 1.67 bits per heavy atom. The minimum Gasteiger partial charge on any atom is -0.549 e. The third kappa shape index (κ3) is 3.50. The van der Waals surface area contributed by atoms with Gasteiger partial charge in [-0.2, -0.15) is 0 Å². The van der Waals surface area contributed by atoms with E-state index in [4.69, 9.17) is 0 Å². The molecule has 0 aromatic carbocycles. The quantitative estimate of drug-likeness (QED) is 0.336. The summed E-state index contributed by atoms with van der Waals surface area (Å²) in [5, 5.41) is 19.8. The number of ketones is 1. The van der Waals surface area contributed by atoms with E-state index in [0.717, 1.165) is 6.92 Å². The molecule has 0 bridgehead atoms. The van der Waals surface area contributed by atoms with Gasteiger partial charge in [0.1, 0.15) is 0 Å². The van der Waals surface area contributed by atoms with Crippen molar-refractivity contribution in [1.82, 2.24) is 0 Å². The Morgan fingerprint density at radius 3 is 2.00 bits per heavy atom. The van der Waals surface area contributed by atoms with Crippen molar-refractivity contribution < 1.29 is 24.6 Å². The maximum absolute atomic E-state index is 10.7. The van der Waals surface area contributed by atoms with Crippen molar-refractivity contribution in [3.63, 3.8) is 0 Å². The SMILES string of the molecule is CC(C(=O)[O-])C(=O)/C=C\C(=O)[O-]. The Kier molecular flexibility index (Phi) is 3.69. The zero-order valence-electron chi connectivity index (χ0n) is 6.27. The van der Waals surface area contributed by atoms with Gasteiger partial charge in [0.05, 0.1) is 17.9 Å². The van der Waals surface area contributed by atoms with Gasteiger partial charge < -0.3 is 19.8 Å². The molecule has 66 valence electrons. The van der Waals surface area contributed by atoms with Gasteiger partial charge in [-0.15, -0.1) is 0 Å². The van der Waals surface area contributed by atoms with Gasteiger partial charge in [0.15, 0.2) is 5.78 Å². The molecule has 0 aromatic heterocycles. The van der Waals surface area contributed by atoms with E-state index in [1.165, 1.54) is 0 Å². The summed E-state index contributed by atoms with van der Waals surface area (Å²) >= 11 is 0. The molecule has 0 N–H and O–H groups in total. The molecule has 1 atom stereocenters. The van der Waals surface area contributed by atoms with Crippen LogP contribution in [0, 0.1) is 5.92 Å². The third-order valence-corrected chi connectivity index (χ3v) is 1.16. The molecule has 5 heteroatoms. The van der Waals surface area contributed by atoms with Crippen LogP contribution in [-0.2, 0) is 14.4 Å². The second-order valence-electron chi connectivity index (χ2n) is 2.10. The lowest BCUT2D eigenvalue weighted by atomic mass is 10.1. The van der Waals surface area contributed by atoms with Crippen LogP contribution in [0.2, 0.25) is 0 Å². The molecular formula is C7H6O5-2. The summed E-state index contributed by atoms with van der Waals surface area (Å²) in [6.07, 6.45) is 1.11. The summed E-state index contributed by atoms with van der Waals surface area (Å²) in [5.74, 6) is -5.25. The average Bonchev–Trinajstić information content (AvgIpc) is 1.98. The minimum atomic E-state index is -1.55. The van der Waals surface area contributed by atoms with Crippen molar-refractivity contribution >= 4 is 17.7 Å². The number of aliphatic carboxylic acids is 2. The first kappa shape index (κ1) is 10.3. The molecule has 0 saturated carbocycles. The van der Waals surface area contributed by atoms with Crippen LogP contribution in [0.3, 0.4) is 0 Å². The fourth-order valence-electron chi connectivity index (χ4n) is 0.411. The van der Waals surface area contributed by atoms with Gasteiger partial charge in [0.25, 0.3) is 0 Å². The van der Waals surface area contributed by atoms with E-state index in [-0.39, 0.29) is 0 Å². The van der Waals surface area contributed by atoms with Crippen molar-refractivity contribution in [2.45, 2.75) is 6.92 Å². The van der Waals surface area contributed by atoms with Gasteiger partial charge in [-0.05, 0) is 19.1 Å². The maximum atomic E-state index is 10.7. The van der Waals surface area contributed by atoms with Crippen molar-refractivity contribution in [2.75, 3.05) is 0 Å². The van der Waals surface area contributed by atoms with Crippen LogP contribution in [0.1, 0.15) is 6.92 Å². The van der Waals surface area contributed by atoms with E-state index >= 15 is 0 Å². The fraction of sp³-hybridized carbons (Fsp3) is 0.286. The van der Waals surface area contributed by atoms with Gasteiger partial charge in [-0.25, -0.2) is 0 Å².